The molecular weight excluding hydrogens is 254 g/mol. The third kappa shape index (κ3) is 3.43. The van der Waals surface area contributed by atoms with Gasteiger partial charge in [0.15, 0.2) is 11.5 Å². The van der Waals surface area contributed by atoms with Gasteiger partial charge in [-0.2, -0.15) is 0 Å². The van der Waals surface area contributed by atoms with Gasteiger partial charge in [-0.25, -0.2) is 8.78 Å². The summed E-state index contributed by atoms with van der Waals surface area (Å²) in [6.07, 6.45) is 0.900. The minimum atomic E-state index is -3.01. The molecule has 1 unspecified atom stereocenters. The lowest BCUT2D eigenvalue weighted by Crippen LogP contribution is -2.13. The molecule has 106 valence electrons. The number of carbonyl (C=O) groups is 1. The Hall–Kier alpha value is -1.65. The molecule has 0 saturated heterocycles. The van der Waals surface area contributed by atoms with Crippen molar-refractivity contribution in [3.63, 3.8) is 0 Å². The van der Waals surface area contributed by atoms with Gasteiger partial charge in [0.25, 0.3) is 5.92 Å². The number of methoxy groups -OCH3 is 2. The predicted octanol–water partition coefficient (Wildman–Crippen LogP) is 3.51. The molecule has 19 heavy (non-hydrogen) atoms. The SMILES string of the molecule is COc1cc(C(C)CC=O)c(C(C)(F)F)cc1OC. The molecule has 0 aliphatic heterocycles. The lowest BCUT2D eigenvalue weighted by molar-refractivity contribution is -0.108. The van der Waals surface area contributed by atoms with Crippen LogP contribution in [0.15, 0.2) is 12.1 Å². The highest BCUT2D eigenvalue weighted by atomic mass is 19.3. The molecule has 0 N–H and O–H groups in total. The first-order valence-corrected chi connectivity index (χ1v) is 5.93. The fourth-order valence-corrected chi connectivity index (χ4v) is 1.95. The Morgan fingerprint density at radius 3 is 2.21 bits per heavy atom. The highest BCUT2D eigenvalue weighted by molar-refractivity contribution is 5.55. The topological polar surface area (TPSA) is 35.5 Å². The molecule has 0 aromatic heterocycles. The summed E-state index contributed by atoms with van der Waals surface area (Å²) in [6, 6.07) is 2.79. The summed E-state index contributed by atoms with van der Waals surface area (Å²) in [5, 5.41) is 0. The molecule has 5 heteroatoms. The molecule has 0 heterocycles. The van der Waals surface area contributed by atoms with E-state index >= 15 is 0 Å². The van der Waals surface area contributed by atoms with Crippen LogP contribution >= 0.6 is 0 Å². The second kappa shape index (κ2) is 5.99. The van der Waals surface area contributed by atoms with E-state index < -0.39 is 5.92 Å². The average Bonchev–Trinajstić information content (AvgIpc) is 2.36. The van der Waals surface area contributed by atoms with Crippen molar-refractivity contribution < 1.29 is 23.0 Å². The standard InChI is InChI=1S/C14H18F2O3/c1-9(5-6-17)10-7-12(18-3)13(19-4)8-11(10)14(2,15)16/h6-9H,5H2,1-4H3. The van der Waals surface area contributed by atoms with Crippen molar-refractivity contribution in [2.24, 2.45) is 0 Å². The number of aldehydes is 1. The number of halogens is 2. The minimum Gasteiger partial charge on any atom is -0.493 e. The lowest BCUT2D eigenvalue weighted by Gasteiger charge is -2.22. The summed E-state index contributed by atoms with van der Waals surface area (Å²) in [7, 11) is 2.83. The summed E-state index contributed by atoms with van der Waals surface area (Å²) in [6.45, 7) is 2.55. The Bertz CT molecular complexity index is 453. The zero-order chi connectivity index (χ0) is 14.6. The van der Waals surface area contributed by atoms with Crippen LogP contribution in [0.25, 0.3) is 0 Å². The van der Waals surface area contributed by atoms with Crippen LogP contribution in [-0.2, 0) is 10.7 Å². The molecule has 0 aliphatic carbocycles. The number of ether oxygens (including phenoxy) is 2. The lowest BCUT2D eigenvalue weighted by atomic mass is 9.90. The molecule has 0 bridgehead atoms. The van der Waals surface area contributed by atoms with Gasteiger partial charge >= 0.3 is 0 Å². The normalized spacial score (nSPS) is 12.9. The van der Waals surface area contributed by atoms with Crippen molar-refractivity contribution in [2.45, 2.75) is 32.1 Å². The van der Waals surface area contributed by atoms with Crippen LogP contribution in [0.2, 0.25) is 0 Å². The highest BCUT2D eigenvalue weighted by Gasteiger charge is 2.31. The fourth-order valence-electron chi connectivity index (χ4n) is 1.95. The Morgan fingerprint density at radius 2 is 1.79 bits per heavy atom. The maximum absolute atomic E-state index is 13.7. The molecule has 0 fully saturated rings. The van der Waals surface area contributed by atoms with Crippen molar-refractivity contribution in [2.75, 3.05) is 14.2 Å². The van der Waals surface area contributed by atoms with Crippen molar-refractivity contribution in [3.05, 3.63) is 23.3 Å². The number of hydrogen-bond acceptors (Lipinski definition) is 3. The Kier molecular flexibility index (Phi) is 4.86. The van der Waals surface area contributed by atoms with Gasteiger partial charge < -0.3 is 14.3 Å². The van der Waals surface area contributed by atoms with Gasteiger partial charge in [0.05, 0.1) is 14.2 Å². The minimum absolute atomic E-state index is 0.139. The van der Waals surface area contributed by atoms with Crippen LogP contribution < -0.4 is 9.47 Å². The number of alkyl halides is 2. The molecule has 1 rings (SSSR count). The van der Waals surface area contributed by atoms with Crippen LogP contribution in [-0.4, -0.2) is 20.5 Å². The Labute approximate surface area is 111 Å². The molecule has 0 aliphatic rings. The van der Waals surface area contributed by atoms with Crippen molar-refractivity contribution in [3.8, 4) is 11.5 Å². The second-order valence-corrected chi connectivity index (χ2v) is 4.49. The molecule has 0 spiro atoms. The van der Waals surface area contributed by atoms with Crippen LogP contribution in [0.1, 0.15) is 37.3 Å². The van der Waals surface area contributed by atoms with Gasteiger partial charge in [0.1, 0.15) is 6.29 Å². The van der Waals surface area contributed by atoms with Crippen LogP contribution in [0.4, 0.5) is 8.78 Å². The first-order chi connectivity index (χ1) is 8.85. The van der Waals surface area contributed by atoms with Gasteiger partial charge in [-0.1, -0.05) is 6.92 Å². The second-order valence-electron chi connectivity index (χ2n) is 4.49. The zero-order valence-corrected chi connectivity index (χ0v) is 11.5. The maximum atomic E-state index is 13.7. The molecule has 1 aromatic rings. The number of rotatable bonds is 6. The summed E-state index contributed by atoms with van der Waals surface area (Å²) in [5.74, 6) is -2.69. The van der Waals surface area contributed by atoms with Crippen LogP contribution in [0.3, 0.4) is 0 Å². The van der Waals surface area contributed by atoms with E-state index in [1.54, 1.807) is 6.92 Å². The van der Waals surface area contributed by atoms with Gasteiger partial charge in [-0.3, -0.25) is 0 Å². The Balaban J connectivity index is 3.44. The summed E-state index contributed by atoms with van der Waals surface area (Å²) < 4.78 is 37.5. The Morgan fingerprint density at radius 1 is 1.26 bits per heavy atom. The first kappa shape index (κ1) is 15.4. The molecule has 1 atom stereocenters. The highest BCUT2D eigenvalue weighted by Crippen LogP contribution is 2.41. The summed E-state index contributed by atoms with van der Waals surface area (Å²) >= 11 is 0. The summed E-state index contributed by atoms with van der Waals surface area (Å²) in [5.41, 5.74) is 0.261. The number of benzene rings is 1. The molecule has 0 radical (unpaired) electrons. The maximum Gasteiger partial charge on any atom is 0.270 e. The summed E-state index contributed by atoms with van der Waals surface area (Å²) in [4.78, 5) is 10.6. The fraction of sp³-hybridized carbons (Fsp3) is 0.500. The zero-order valence-electron chi connectivity index (χ0n) is 11.5. The number of carbonyl (C=O) groups excluding carboxylic acids is 1. The number of hydrogen-bond donors (Lipinski definition) is 0. The monoisotopic (exact) mass is 272 g/mol. The third-order valence-corrected chi connectivity index (χ3v) is 3.01. The van der Waals surface area contributed by atoms with E-state index in [1.165, 1.54) is 26.4 Å². The van der Waals surface area contributed by atoms with E-state index in [1.807, 2.05) is 0 Å². The van der Waals surface area contributed by atoms with E-state index in [9.17, 15) is 13.6 Å². The van der Waals surface area contributed by atoms with Crippen LogP contribution in [0, 0.1) is 0 Å². The van der Waals surface area contributed by atoms with Gasteiger partial charge in [0.2, 0.25) is 0 Å². The van der Waals surface area contributed by atoms with Crippen LogP contribution in [0.5, 0.6) is 11.5 Å². The van der Waals surface area contributed by atoms with Gasteiger partial charge in [-0.05, 0) is 23.6 Å². The molecule has 0 saturated carbocycles. The smallest absolute Gasteiger partial charge is 0.270 e. The largest absolute Gasteiger partial charge is 0.493 e. The molecule has 3 nitrogen and oxygen atoms in total. The van der Waals surface area contributed by atoms with E-state index in [2.05, 4.69) is 0 Å². The van der Waals surface area contributed by atoms with E-state index in [0.29, 0.717) is 11.3 Å². The predicted molar refractivity (Wildman–Crippen MR) is 68.2 cm³/mol. The van der Waals surface area contributed by atoms with E-state index in [-0.39, 0.29) is 23.7 Å². The van der Waals surface area contributed by atoms with Crippen molar-refractivity contribution >= 4 is 6.29 Å². The first-order valence-electron chi connectivity index (χ1n) is 5.93. The third-order valence-electron chi connectivity index (χ3n) is 3.01. The average molecular weight is 272 g/mol. The van der Waals surface area contributed by atoms with E-state index in [0.717, 1.165) is 13.2 Å². The molecular formula is C14H18F2O3. The molecule has 0 amide bonds. The van der Waals surface area contributed by atoms with Gasteiger partial charge in [-0.15, -0.1) is 0 Å². The van der Waals surface area contributed by atoms with Gasteiger partial charge in [0, 0.05) is 18.9 Å². The molecule has 1 aromatic carbocycles. The quantitative estimate of drug-likeness (QED) is 0.743. The van der Waals surface area contributed by atoms with Crippen molar-refractivity contribution in [1.29, 1.82) is 0 Å². The van der Waals surface area contributed by atoms with Crippen molar-refractivity contribution in [1.82, 2.24) is 0 Å². The van der Waals surface area contributed by atoms with E-state index in [4.69, 9.17) is 9.47 Å².